The third-order valence-electron chi connectivity index (χ3n) is 9.97. The molecule has 0 radical (unpaired) electrons. The smallest absolute Gasteiger partial charge is 0.381 e. The van der Waals surface area contributed by atoms with Gasteiger partial charge >= 0.3 is 21.7 Å². The molecule has 2 amide bonds. The number of nitrogens with one attached hydrogen (secondary N) is 2. The maximum Gasteiger partial charge on any atom is 4.00 e. The van der Waals surface area contributed by atoms with Gasteiger partial charge < -0.3 is 20.1 Å². The SMILES string of the molecule is CCCCOCCc1ccccc1C(=O)NC(CC)c1ccc(F)[c-]c1F.CCCCOCCc1ccccc1C(=O)NC(CC)c1ccc(F)[c-]c1F.[C-]1=CC=CC1.[C-]1=CC=CC1.[Ti+4]. The molecule has 4 aromatic carbocycles. The standard InChI is InChI=1S/2C22H26F2NO2.2C5H5.Ti/c2*1-3-5-13-27-14-12-16-8-6-7-9-18(16)22(26)25-21(4-2)19-11-10-17(23)15-20(19)24;2*1-2-4-5-3-1;/h2*6-11,21H,3-5,12-14H2,1-2H3,(H,25,26);2*1-3H,4H2;/q4*-1;+4. The van der Waals surface area contributed by atoms with Gasteiger partial charge in [-0.1, -0.05) is 88.1 Å². The number of carbonyl (C=O) groups is 2. The second-order valence-corrected chi connectivity index (χ2v) is 14.8. The number of hydrogen-bond acceptors (Lipinski definition) is 4. The van der Waals surface area contributed by atoms with E-state index in [4.69, 9.17) is 9.47 Å². The summed E-state index contributed by atoms with van der Waals surface area (Å²) in [6.07, 6.45) is 26.4. The van der Waals surface area contributed by atoms with Gasteiger partial charge in [-0.05, 0) is 61.8 Å². The number of carbonyl (C=O) groups excluding carboxylic acids is 2. The summed E-state index contributed by atoms with van der Waals surface area (Å²) in [5, 5.41) is 5.70. The fourth-order valence-corrected chi connectivity index (χ4v) is 6.38. The molecule has 4 aromatic rings. The van der Waals surface area contributed by atoms with E-state index in [1.54, 1.807) is 24.3 Å². The first-order valence-electron chi connectivity index (χ1n) is 22.2. The Morgan fingerprint density at radius 1 is 0.585 bits per heavy atom. The number of halogens is 4. The second-order valence-electron chi connectivity index (χ2n) is 14.8. The zero-order valence-electron chi connectivity index (χ0n) is 38.1. The van der Waals surface area contributed by atoms with Gasteiger partial charge in [0.15, 0.2) is 0 Å². The van der Waals surface area contributed by atoms with Crippen LogP contribution in [0.2, 0.25) is 0 Å². The maximum atomic E-state index is 14.0. The van der Waals surface area contributed by atoms with Gasteiger partial charge in [-0.2, -0.15) is 24.3 Å². The van der Waals surface area contributed by atoms with Crippen LogP contribution in [0.4, 0.5) is 17.6 Å². The van der Waals surface area contributed by atoms with E-state index in [0.717, 1.165) is 61.8 Å². The molecular weight excluding hydrogens is 864 g/mol. The van der Waals surface area contributed by atoms with Crippen LogP contribution in [0.5, 0.6) is 0 Å². The van der Waals surface area contributed by atoms with Gasteiger partial charge in [-0.3, -0.25) is 21.7 Å². The summed E-state index contributed by atoms with van der Waals surface area (Å²) in [4.78, 5) is 25.5. The molecule has 2 aliphatic carbocycles. The summed E-state index contributed by atoms with van der Waals surface area (Å²) >= 11 is 0. The van der Waals surface area contributed by atoms with Crippen molar-refractivity contribution in [2.75, 3.05) is 26.4 Å². The van der Waals surface area contributed by atoms with Crippen LogP contribution >= 0.6 is 0 Å². The Morgan fingerprint density at radius 3 is 1.29 bits per heavy atom. The average molecular weight is 927 g/mol. The molecule has 0 spiro atoms. The van der Waals surface area contributed by atoms with Crippen LogP contribution in [0.1, 0.15) is 134 Å². The first kappa shape index (κ1) is 56.3. The molecule has 65 heavy (non-hydrogen) atoms. The van der Waals surface area contributed by atoms with Crippen molar-refractivity contribution in [2.45, 2.75) is 104 Å². The number of unbranched alkanes of at least 4 members (excludes halogenated alkanes) is 2. The molecule has 2 unspecified atom stereocenters. The Bertz CT molecular complexity index is 1950. The molecule has 344 valence electrons. The largest absolute Gasteiger partial charge is 4.00 e. The number of rotatable bonds is 20. The van der Waals surface area contributed by atoms with E-state index in [0.29, 0.717) is 63.2 Å². The predicted octanol–water partition coefficient (Wildman–Crippen LogP) is 12.6. The van der Waals surface area contributed by atoms with Gasteiger partial charge in [-0.25, -0.2) is 41.9 Å². The summed E-state index contributed by atoms with van der Waals surface area (Å²) in [7, 11) is 0. The molecule has 0 aliphatic heterocycles. The molecule has 0 saturated heterocycles. The van der Waals surface area contributed by atoms with Crippen LogP contribution < -0.4 is 10.6 Å². The Hall–Kier alpha value is -4.87. The Balaban J connectivity index is 0.000000361. The summed E-state index contributed by atoms with van der Waals surface area (Å²) in [6.45, 7) is 10.4. The maximum absolute atomic E-state index is 14.0. The molecule has 6 rings (SSSR count). The van der Waals surface area contributed by atoms with E-state index < -0.39 is 35.4 Å². The Labute approximate surface area is 399 Å². The van der Waals surface area contributed by atoms with Crippen molar-refractivity contribution in [3.8, 4) is 0 Å². The van der Waals surface area contributed by atoms with E-state index in [-0.39, 0.29) is 44.7 Å². The molecule has 2 N–H and O–H groups in total. The Kier molecular flexibility index (Phi) is 29.1. The van der Waals surface area contributed by atoms with Crippen molar-refractivity contribution >= 4 is 11.8 Å². The van der Waals surface area contributed by atoms with Crippen LogP contribution in [0.25, 0.3) is 0 Å². The van der Waals surface area contributed by atoms with Crippen molar-refractivity contribution < 1.29 is 58.3 Å². The molecule has 2 atom stereocenters. The Morgan fingerprint density at radius 2 is 0.985 bits per heavy atom. The summed E-state index contributed by atoms with van der Waals surface area (Å²) in [5.74, 6) is -3.64. The second kappa shape index (κ2) is 33.6. The minimum Gasteiger partial charge on any atom is -0.381 e. The molecule has 11 heteroatoms. The molecule has 6 nitrogen and oxygen atoms in total. The van der Waals surface area contributed by atoms with E-state index in [9.17, 15) is 27.2 Å². The number of amides is 2. The minimum atomic E-state index is -0.778. The van der Waals surface area contributed by atoms with Crippen LogP contribution in [-0.2, 0) is 44.0 Å². The monoisotopic (exact) mass is 926 g/mol. The van der Waals surface area contributed by atoms with Crippen LogP contribution in [0.15, 0.2) is 109 Å². The van der Waals surface area contributed by atoms with Gasteiger partial charge in [0, 0.05) is 59.7 Å². The van der Waals surface area contributed by atoms with E-state index in [1.165, 1.54) is 12.1 Å². The van der Waals surface area contributed by atoms with Crippen LogP contribution in [-0.4, -0.2) is 38.2 Å². The van der Waals surface area contributed by atoms with E-state index >= 15 is 0 Å². The van der Waals surface area contributed by atoms with Crippen molar-refractivity contribution in [3.63, 3.8) is 0 Å². The summed E-state index contributed by atoms with van der Waals surface area (Å²) in [6, 6.07) is 22.6. The molecule has 0 bridgehead atoms. The normalized spacial score (nSPS) is 12.7. The molecule has 0 heterocycles. The molecule has 2 aliphatic rings. The van der Waals surface area contributed by atoms with Crippen molar-refractivity contribution in [3.05, 3.63) is 190 Å². The topological polar surface area (TPSA) is 76.7 Å². The van der Waals surface area contributed by atoms with Crippen molar-refractivity contribution in [2.24, 2.45) is 0 Å². The fraction of sp³-hybridized carbons (Fsp3) is 0.370. The first-order valence-corrected chi connectivity index (χ1v) is 22.2. The van der Waals surface area contributed by atoms with Crippen LogP contribution in [0, 0.1) is 47.6 Å². The number of ether oxygens (including phenoxy) is 2. The molecule has 0 fully saturated rings. The zero-order valence-corrected chi connectivity index (χ0v) is 39.7. The summed E-state index contributed by atoms with van der Waals surface area (Å²) < 4.78 is 65.4. The van der Waals surface area contributed by atoms with E-state index in [1.807, 2.05) is 74.5 Å². The van der Waals surface area contributed by atoms with Crippen LogP contribution in [0.3, 0.4) is 0 Å². The molecule has 0 saturated carbocycles. The third kappa shape index (κ3) is 21.3. The average Bonchev–Trinajstić information content (AvgIpc) is 4.10. The third-order valence-corrected chi connectivity index (χ3v) is 9.97. The van der Waals surface area contributed by atoms with E-state index in [2.05, 4.69) is 48.8 Å². The molecular formula is C54H62F4N2O4Ti. The van der Waals surface area contributed by atoms with Gasteiger partial charge in [0.05, 0.1) is 13.2 Å². The number of hydrogen-bond donors (Lipinski definition) is 2. The fourth-order valence-electron chi connectivity index (χ4n) is 6.38. The van der Waals surface area contributed by atoms with Gasteiger partial charge in [0.2, 0.25) is 0 Å². The first-order chi connectivity index (χ1) is 31.1. The van der Waals surface area contributed by atoms with Gasteiger partial charge in [-0.15, -0.1) is 37.1 Å². The molecule has 0 aromatic heterocycles. The number of benzene rings is 4. The predicted molar refractivity (Wildman–Crippen MR) is 246 cm³/mol. The summed E-state index contributed by atoms with van der Waals surface area (Å²) in [5.41, 5.74) is 3.31. The number of allylic oxidation sites excluding steroid dienone is 8. The van der Waals surface area contributed by atoms with Gasteiger partial charge in [0.1, 0.15) is 0 Å². The van der Waals surface area contributed by atoms with Crippen molar-refractivity contribution in [1.29, 1.82) is 0 Å². The quantitative estimate of drug-likeness (QED) is 0.0401. The van der Waals surface area contributed by atoms with Gasteiger partial charge in [0.25, 0.3) is 11.8 Å². The zero-order chi connectivity index (χ0) is 46.4. The minimum absolute atomic E-state index is 0. The van der Waals surface area contributed by atoms with Crippen molar-refractivity contribution in [1.82, 2.24) is 10.6 Å².